The van der Waals surface area contributed by atoms with Gasteiger partial charge in [-0.15, -0.1) is 0 Å². The van der Waals surface area contributed by atoms with Crippen molar-refractivity contribution in [3.8, 4) is 11.5 Å². The average Bonchev–Trinajstić information content (AvgIpc) is 2.57. The van der Waals surface area contributed by atoms with E-state index >= 15 is 0 Å². The van der Waals surface area contributed by atoms with Crippen LogP contribution in [0, 0.1) is 0 Å². The van der Waals surface area contributed by atoms with E-state index in [0.29, 0.717) is 5.75 Å². The highest BCUT2D eigenvalue weighted by atomic mass is 16.6. The topological polar surface area (TPSA) is 88.1 Å². The van der Waals surface area contributed by atoms with E-state index in [1.54, 1.807) is 31.2 Å². The van der Waals surface area contributed by atoms with Gasteiger partial charge in [-0.2, -0.15) is 0 Å². The van der Waals surface area contributed by atoms with E-state index in [2.05, 4.69) is 4.74 Å². The third kappa shape index (κ3) is 5.82. The molecule has 0 amide bonds. The summed E-state index contributed by atoms with van der Waals surface area (Å²) in [6.45, 7) is 1.66. The zero-order valence-corrected chi connectivity index (χ0v) is 13.1. The van der Waals surface area contributed by atoms with E-state index in [0.717, 1.165) is 12.2 Å². The highest BCUT2D eigenvalue weighted by molar-refractivity contribution is 5.92. The van der Waals surface area contributed by atoms with Crippen LogP contribution in [0.4, 0.5) is 0 Å². The molecule has 0 saturated heterocycles. The minimum absolute atomic E-state index is 0.214. The van der Waals surface area contributed by atoms with E-state index < -0.39 is 24.0 Å². The van der Waals surface area contributed by atoms with Gasteiger partial charge in [-0.05, 0) is 18.6 Å². The van der Waals surface area contributed by atoms with Crippen molar-refractivity contribution in [2.75, 3.05) is 14.2 Å². The predicted octanol–water partition coefficient (Wildman–Crippen LogP) is 1.65. The Balaban J connectivity index is 2.70. The van der Waals surface area contributed by atoms with Gasteiger partial charge in [0.15, 0.2) is 17.6 Å². The Morgan fingerprint density at radius 3 is 2.22 bits per heavy atom. The molecule has 7 heteroatoms. The Hall–Kier alpha value is -2.83. The molecule has 1 unspecified atom stereocenters. The fourth-order valence-electron chi connectivity index (χ4n) is 1.56. The van der Waals surface area contributed by atoms with E-state index in [1.165, 1.54) is 14.2 Å². The first-order chi connectivity index (χ1) is 11.0. The zero-order chi connectivity index (χ0) is 17.2. The van der Waals surface area contributed by atoms with Crippen LogP contribution in [0.25, 0.3) is 0 Å². The summed E-state index contributed by atoms with van der Waals surface area (Å²) in [7, 11) is 2.62. The number of carbonyl (C=O) groups excluding carboxylic acids is 3. The molecule has 0 bridgehead atoms. The number of hydrogen-bond acceptors (Lipinski definition) is 7. The maximum absolute atomic E-state index is 12.1. The Bertz CT molecular complexity index is 592. The van der Waals surface area contributed by atoms with Crippen molar-refractivity contribution in [2.24, 2.45) is 0 Å². The summed E-state index contributed by atoms with van der Waals surface area (Å²) >= 11 is 0. The molecular weight excluding hydrogens is 304 g/mol. The summed E-state index contributed by atoms with van der Waals surface area (Å²) in [6, 6.07) is 6.60. The first kappa shape index (κ1) is 18.2. The van der Waals surface area contributed by atoms with Crippen LogP contribution in [0.15, 0.2) is 36.4 Å². The zero-order valence-electron chi connectivity index (χ0n) is 13.1. The second kappa shape index (κ2) is 9.24. The Morgan fingerprint density at radius 2 is 1.65 bits per heavy atom. The van der Waals surface area contributed by atoms with Crippen LogP contribution < -0.4 is 9.47 Å². The summed E-state index contributed by atoms with van der Waals surface area (Å²) < 4.78 is 19.5. The molecule has 1 aromatic rings. The highest BCUT2D eigenvalue weighted by Crippen LogP contribution is 2.26. The third-order valence-corrected chi connectivity index (χ3v) is 2.73. The fourth-order valence-corrected chi connectivity index (χ4v) is 1.56. The summed E-state index contributed by atoms with van der Waals surface area (Å²) in [5.41, 5.74) is 0. The summed E-state index contributed by atoms with van der Waals surface area (Å²) in [5.74, 6) is -1.69. The fraction of sp³-hybridized carbons (Fsp3) is 0.312. The van der Waals surface area contributed by atoms with E-state index in [-0.39, 0.29) is 12.2 Å². The first-order valence-electron chi connectivity index (χ1n) is 6.83. The molecule has 0 saturated carbocycles. The van der Waals surface area contributed by atoms with Gasteiger partial charge in [0.25, 0.3) is 0 Å². The molecule has 0 N–H and O–H groups in total. The molecule has 1 rings (SSSR count). The number of para-hydroxylation sites is 2. The van der Waals surface area contributed by atoms with Crippen LogP contribution in [-0.4, -0.2) is 38.2 Å². The van der Waals surface area contributed by atoms with Gasteiger partial charge in [0.1, 0.15) is 0 Å². The van der Waals surface area contributed by atoms with Gasteiger partial charge in [0.05, 0.1) is 14.2 Å². The largest absolute Gasteiger partial charge is 0.493 e. The molecule has 7 nitrogen and oxygen atoms in total. The number of esters is 3. The molecular formula is C16H18O7. The van der Waals surface area contributed by atoms with Crippen LogP contribution in [0.2, 0.25) is 0 Å². The number of benzene rings is 1. The molecule has 0 radical (unpaired) electrons. The quantitative estimate of drug-likeness (QED) is 0.428. The molecule has 1 atom stereocenters. The average molecular weight is 322 g/mol. The van der Waals surface area contributed by atoms with Crippen LogP contribution in [-0.2, 0) is 23.9 Å². The van der Waals surface area contributed by atoms with Crippen LogP contribution in [0.3, 0.4) is 0 Å². The summed E-state index contributed by atoms with van der Waals surface area (Å²) in [4.78, 5) is 34.5. The van der Waals surface area contributed by atoms with Gasteiger partial charge in [-0.25, -0.2) is 14.4 Å². The van der Waals surface area contributed by atoms with Crippen molar-refractivity contribution in [2.45, 2.75) is 19.4 Å². The Labute approximate surface area is 133 Å². The van der Waals surface area contributed by atoms with Gasteiger partial charge in [0.2, 0.25) is 0 Å². The molecule has 0 aliphatic rings. The molecule has 1 aromatic carbocycles. The summed E-state index contributed by atoms with van der Waals surface area (Å²) in [6.07, 6.45) is 0.895. The Morgan fingerprint density at radius 1 is 1.04 bits per heavy atom. The molecule has 124 valence electrons. The lowest BCUT2D eigenvalue weighted by Gasteiger charge is -2.15. The third-order valence-electron chi connectivity index (χ3n) is 2.73. The second-order valence-corrected chi connectivity index (χ2v) is 4.26. The number of rotatable bonds is 7. The van der Waals surface area contributed by atoms with Crippen molar-refractivity contribution in [3.05, 3.63) is 36.4 Å². The van der Waals surface area contributed by atoms with E-state index in [1.807, 2.05) is 0 Å². The van der Waals surface area contributed by atoms with Crippen molar-refractivity contribution in [1.29, 1.82) is 0 Å². The minimum Gasteiger partial charge on any atom is -0.493 e. The van der Waals surface area contributed by atoms with Gasteiger partial charge in [0, 0.05) is 12.2 Å². The first-order valence-corrected chi connectivity index (χ1v) is 6.83. The molecule has 0 aliphatic heterocycles. The Kier molecular flexibility index (Phi) is 7.32. The maximum atomic E-state index is 12.1. The standard InChI is InChI=1S/C16H18O7/c1-4-11(22-15(18)10-9-14(17)21-3)16(19)23-13-8-6-5-7-12(13)20-2/h5-11H,4H2,1-3H3. The summed E-state index contributed by atoms with van der Waals surface area (Å²) in [5, 5.41) is 0. The lowest BCUT2D eigenvalue weighted by atomic mass is 10.2. The number of hydrogen-bond donors (Lipinski definition) is 0. The SMILES string of the molecule is CCC(OC(=O)C=CC(=O)OC)C(=O)Oc1ccccc1OC. The molecule has 0 heterocycles. The highest BCUT2D eigenvalue weighted by Gasteiger charge is 2.23. The minimum atomic E-state index is -1.10. The maximum Gasteiger partial charge on any atom is 0.352 e. The van der Waals surface area contributed by atoms with Crippen molar-refractivity contribution >= 4 is 17.9 Å². The van der Waals surface area contributed by atoms with Gasteiger partial charge < -0.3 is 18.9 Å². The second-order valence-electron chi connectivity index (χ2n) is 4.26. The lowest BCUT2D eigenvalue weighted by molar-refractivity contribution is -0.159. The molecule has 0 aromatic heterocycles. The number of ether oxygens (including phenoxy) is 4. The molecule has 23 heavy (non-hydrogen) atoms. The van der Waals surface area contributed by atoms with Gasteiger partial charge in [-0.1, -0.05) is 19.1 Å². The number of methoxy groups -OCH3 is 2. The van der Waals surface area contributed by atoms with E-state index in [9.17, 15) is 14.4 Å². The predicted molar refractivity (Wildman–Crippen MR) is 80.0 cm³/mol. The van der Waals surface area contributed by atoms with Crippen LogP contribution >= 0.6 is 0 Å². The van der Waals surface area contributed by atoms with Crippen molar-refractivity contribution in [1.82, 2.24) is 0 Å². The molecule has 0 fully saturated rings. The van der Waals surface area contributed by atoms with Crippen LogP contribution in [0.5, 0.6) is 11.5 Å². The van der Waals surface area contributed by atoms with Crippen molar-refractivity contribution < 1.29 is 33.3 Å². The molecule has 0 aliphatic carbocycles. The van der Waals surface area contributed by atoms with E-state index in [4.69, 9.17) is 14.2 Å². The van der Waals surface area contributed by atoms with Crippen LogP contribution in [0.1, 0.15) is 13.3 Å². The van der Waals surface area contributed by atoms with Gasteiger partial charge >= 0.3 is 17.9 Å². The smallest absolute Gasteiger partial charge is 0.352 e. The lowest BCUT2D eigenvalue weighted by Crippen LogP contribution is -2.30. The normalized spacial score (nSPS) is 11.6. The monoisotopic (exact) mass is 322 g/mol. The number of carbonyl (C=O) groups is 3. The molecule has 0 spiro atoms. The van der Waals surface area contributed by atoms with Gasteiger partial charge in [-0.3, -0.25) is 0 Å². The van der Waals surface area contributed by atoms with Crippen molar-refractivity contribution in [3.63, 3.8) is 0 Å².